The topological polar surface area (TPSA) is 121 Å². The number of rotatable bonds is 4. The average Bonchev–Trinajstić information content (AvgIpc) is 2.16. The van der Waals surface area contributed by atoms with E-state index in [0.29, 0.717) is 0 Å². The second-order valence-electron chi connectivity index (χ2n) is 3.64. The van der Waals surface area contributed by atoms with Gasteiger partial charge in [0.05, 0.1) is 21.3 Å². The normalized spacial score (nSPS) is 28.9. The van der Waals surface area contributed by atoms with Crippen LogP contribution in [0.15, 0.2) is 0 Å². The molecule has 7 nitrogen and oxygen atoms in total. The van der Waals surface area contributed by atoms with Crippen LogP contribution in [0.4, 0.5) is 0 Å². The second-order valence-corrected chi connectivity index (χ2v) is 5.23. The first-order chi connectivity index (χ1) is 7.36. The maximum Gasteiger partial charge on any atom is 1.00 e. The molecule has 1 N–H and O–H groups in total. The van der Waals surface area contributed by atoms with Crippen LogP contribution in [0.3, 0.4) is 0 Å². The van der Waals surface area contributed by atoms with Crippen LogP contribution in [0.5, 0.6) is 0 Å². The molecule has 0 aromatic carbocycles. The van der Waals surface area contributed by atoms with Gasteiger partial charge in [-0.3, -0.25) is 9.59 Å². The standard InChI is InChI=1S/C8H12O7S.Na/c9-4-15-5-1-2-7(16(12,13)14)6(3-5)8(10)11;/h4-7H,1-3H2,(H,10,11)(H,12,13,14);/q;+1/p-1. The minimum atomic E-state index is -4.63. The van der Waals surface area contributed by atoms with Crippen LogP contribution in [-0.2, 0) is 24.4 Å². The Kier molecular flexibility index (Phi) is 6.64. The third-order valence-electron chi connectivity index (χ3n) is 2.67. The molecule has 1 aliphatic carbocycles. The Morgan fingerprint density at radius 2 is 2.00 bits per heavy atom. The van der Waals surface area contributed by atoms with Crippen molar-refractivity contribution < 1.29 is 62.0 Å². The van der Waals surface area contributed by atoms with Crippen molar-refractivity contribution in [3.8, 4) is 0 Å². The number of hydrogen-bond acceptors (Lipinski definition) is 6. The predicted octanol–water partition coefficient (Wildman–Crippen LogP) is -3.67. The Balaban J connectivity index is 0.00000256. The van der Waals surface area contributed by atoms with Crippen molar-refractivity contribution in [1.82, 2.24) is 0 Å². The number of ether oxygens (including phenoxy) is 1. The molecular formula is C8H11NaO7S. The molecule has 0 amide bonds. The molecule has 0 aliphatic heterocycles. The van der Waals surface area contributed by atoms with Gasteiger partial charge >= 0.3 is 35.5 Å². The number of aliphatic carboxylic acids is 1. The van der Waals surface area contributed by atoms with Gasteiger partial charge in [0.2, 0.25) is 0 Å². The summed E-state index contributed by atoms with van der Waals surface area (Å²) in [6.45, 7) is 0.190. The van der Waals surface area contributed by atoms with E-state index in [1.807, 2.05) is 0 Å². The summed E-state index contributed by atoms with van der Waals surface area (Å²) in [5, 5.41) is 7.38. The molecular weight excluding hydrogens is 263 g/mol. The first kappa shape index (κ1) is 16.9. The Hall–Kier alpha value is -0.150. The van der Waals surface area contributed by atoms with E-state index in [9.17, 15) is 22.6 Å². The number of carbonyl (C=O) groups is 2. The Bertz CT molecular complexity index is 379. The van der Waals surface area contributed by atoms with E-state index >= 15 is 0 Å². The average molecular weight is 274 g/mol. The molecule has 0 saturated heterocycles. The van der Waals surface area contributed by atoms with Crippen molar-refractivity contribution in [1.29, 1.82) is 0 Å². The summed E-state index contributed by atoms with van der Waals surface area (Å²) in [6.07, 6.45) is -0.674. The van der Waals surface area contributed by atoms with E-state index in [2.05, 4.69) is 4.74 Å². The summed E-state index contributed by atoms with van der Waals surface area (Å²) in [6, 6.07) is 0. The third-order valence-corrected chi connectivity index (χ3v) is 3.98. The monoisotopic (exact) mass is 274 g/mol. The van der Waals surface area contributed by atoms with E-state index in [1.165, 1.54) is 0 Å². The smallest absolute Gasteiger partial charge is 0.748 e. The molecule has 1 aliphatic rings. The van der Waals surface area contributed by atoms with Crippen molar-refractivity contribution in [2.75, 3.05) is 0 Å². The van der Waals surface area contributed by atoms with E-state index in [4.69, 9.17) is 5.11 Å². The van der Waals surface area contributed by atoms with Gasteiger partial charge in [-0.1, -0.05) is 0 Å². The first-order valence-corrected chi connectivity index (χ1v) is 6.10. The van der Waals surface area contributed by atoms with E-state index < -0.39 is 33.4 Å². The van der Waals surface area contributed by atoms with Crippen molar-refractivity contribution >= 4 is 22.6 Å². The number of carbonyl (C=O) groups excluding carboxylic acids is 1. The number of carboxylic acids is 1. The molecule has 3 atom stereocenters. The van der Waals surface area contributed by atoms with Crippen LogP contribution in [0.25, 0.3) is 0 Å². The van der Waals surface area contributed by atoms with Gasteiger partial charge < -0.3 is 14.4 Å². The molecule has 1 fully saturated rings. The molecule has 92 valence electrons. The van der Waals surface area contributed by atoms with E-state index in [1.54, 1.807) is 0 Å². The van der Waals surface area contributed by atoms with Gasteiger partial charge in [0.25, 0.3) is 6.47 Å². The summed E-state index contributed by atoms with van der Waals surface area (Å²) in [5.41, 5.74) is 0. The van der Waals surface area contributed by atoms with Gasteiger partial charge in [-0.05, 0) is 19.3 Å². The van der Waals surface area contributed by atoms with Crippen LogP contribution < -0.4 is 29.6 Å². The summed E-state index contributed by atoms with van der Waals surface area (Å²) >= 11 is 0. The van der Waals surface area contributed by atoms with E-state index in [-0.39, 0.29) is 55.3 Å². The molecule has 0 bridgehead atoms. The Labute approximate surface area is 121 Å². The Morgan fingerprint density at radius 3 is 2.41 bits per heavy atom. The van der Waals surface area contributed by atoms with Crippen LogP contribution in [0.1, 0.15) is 19.3 Å². The van der Waals surface area contributed by atoms with Crippen molar-refractivity contribution in [2.24, 2.45) is 5.92 Å². The zero-order chi connectivity index (χ0) is 12.3. The summed E-state index contributed by atoms with van der Waals surface area (Å²) < 4.78 is 37.1. The SMILES string of the molecule is O=COC1CCC(S(=O)(=O)[O-])C(C(=O)O)C1.[Na+]. The van der Waals surface area contributed by atoms with Crippen molar-refractivity contribution in [3.63, 3.8) is 0 Å². The van der Waals surface area contributed by atoms with Gasteiger partial charge in [0.15, 0.2) is 0 Å². The van der Waals surface area contributed by atoms with E-state index in [0.717, 1.165) is 0 Å². The summed E-state index contributed by atoms with van der Waals surface area (Å²) in [5.74, 6) is -2.66. The van der Waals surface area contributed by atoms with Gasteiger partial charge in [-0.2, -0.15) is 0 Å². The molecule has 3 unspecified atom stereocenters. The molecule has 0 radical (unpaired) electrons. The Morgan fingerprint density at radius 1 is 1.41 bits per heavy atom. The van der Waals surface area contributed by atoms with Gasteiger partial charge in [0, 0.05) is 0 Å². The number of carboxylic acid groups (broad SMARTS) is 1. The van der Waals surface area contributed by atoms with Gasteiger partial charge in [-0.15, -0.1) is 0 Å². The number of hydrogen-bond donors (Lipinski definition) is 1. The van der Waals surface area contributed by atoms with Crippen molar-refractivity contribution in [2.45, 2.75) is 30.6 Å². The first-order valence-electron chi connectivity index (χ1n) is 4.63. The fourth-order valence-electron chi connectivity index (χ4n) is 1.91. The third kappa shape index (κ3) is 4.55. The predicted molar refractivity (Wildman–Crippen MR) is 49.4 cm³/mol. The summed E-state index contributed by atoms with van der Waals surface area (Å²) in [4.78, 5) is 20.9. The van der Waals surface area contributed by atoms with Crippen LogP contribution in [0, 0.1) is 5.92 Å². The fraction of sp³-hybridized carbons (Fsp3) is 0.750. The molecule has 1 saturated carbocycles. The molecule has 1 rings (SSSR count). The largest absolute Gasteiger partial charge is 1.00 e. The minimum absolute atomic E-state index is 0. The molecule has 0 spiro atoms. The van der Waals surface area contributed by atoms with Gasteiger partial charge in [-0.25, -0.2) is 8.42 Å². The second kappa shape index (κ2) is 6.69. The van der Waals surface area contributed by atoms with Crippen LogP contribution >= 0.6 is 0 Å². The minimum Gasteiger partial charge on any atom is -0.748 e. The molecule has 0 aromatic rings. The molecule has 17 heavy (non-hydrogen) atoms. The zero-order valence-corrected chi connectivity index (χ0v) is 12.1. The fourth-order valence-corrected chi connectivity index (χ4v) is 2.97. The quantitative estimate of drug-likeness (QED) is 0.318. The van der Waals surface area contributed by atoms with Crippen molar-refractivity contribution in [3.05, 3.63) is 0 Å². The van der Waals surface area contributed by atoms with Gasteiger partial charge in [0.1, 0.15) is 6.10 Å². The molecule has 0 heterocycles. The van der Waals surface area contributed by atoms with Crippen LogP contribution in [0.2, 0.25) is 0 Å². The molecule has 0 aromatic heterocycles. The summed E-state index contributed by atoms with van der Waals surface area (Å²) in [7, 11) is -4.63. The maximum atomic E-state index is 10.8. The van der Waals surface area contributed by atoms with Crippen LogP contribution in [-0.4, -0.2) is 41.9 Å². The maximum absolute atomic E-state index is 10.8. The molecule has 9 heteroatoms. The zero-order valence-electron chi connectivity index (χ0n) is 9.24.